The van der Waals surface area contributed by atoms with Crippen LogP contribution >= 0.6 is 0 Å². The highest BCUT2D eigenvalue weighted by Gasteiger charge is 2.32. The summed E-state index contributed by atoms with van der Waals surface area (Å²) in [6.07, 6.45) is 1.40. The van der Waals surface area contributed by atoms with Gasteiger partial charge in [0.15, 0.2) is 0 Å². The van der Waals surface area contributed by atoms with Crippen molar-refractivity contribution in [3.8, 4) is 0 Å². The largest absolute Gasteiger partial charge is 0.369 e. The van der Waals surface area contributed by atoms with Crippen LogP contribution in [0.25, 0.3) is 0 Å². The minimum absolute atomic E-state index is 0.00592. The minimum Gasteiger partial charge on any atom is -0.369 e. The smallest absolute Gasteiger partial charge is 0.251 e. The van der Waals surface area contributed by atoms with Crippen LogP contribution in [-0.2, 0) is 9.53 Å². The number of ether oxygens (including phenoxy) is 1. The Morgan fingerprint density at radius 2 is 2.37 bits per heavy atom. The first-order valence-corrected chi connectivity index (χ1v) is 6.81. The number of carbonyl (C=O) groups excluding carboxylic acids is 1. The van der Waals surface area contributed by atoms with E-state index in [2.05, 4.69) is 0 Å². The van der Waals surface area contributed by atoms with E-state index in [9.17, 15) is 9.18 Å². The Labute approximate surface area is 113 Å². The van der Waals surface area contributed by atoms with Crippen molar-refractivity contribution in [1.82, 2.24) is 4.90 Å². The molecular weight excluding hydrogens is 245 g/mol. The van der Waals surface area contributed by atoms with Gasteiger partial charge in [-0.3, -0.25) is 4.79 Å². The molecule has 0 aromatic heterocycles. The van der Waals surface area contributed by atoms with E-state index in [4.69, 9.17) is 4.74 Å². The van der Waals surface area contributed by atoms with Crippen LogP contribution in [0.3, 0.4) is 0 Å². The molecule has 1 aromatic carbocycles. The van der Waals surface area contributed by atoms with Crippen molar-refractivity contribution in [3.05, 3.63) is 35.6 Å². The molecule has 0 bridgehead atoms. The molecule has 1 heterocycles. The van der Waals surface area contributed by atoms with E-state index in [0.717, 1.165) is 24.9 Å². The topological polar surface area (TPSA) is 29.5 Å². The number of amides is 1. The van der Waals surface area contributed by atoms with Gasteiger partial charge in [0, 0.05) is 13.2 Å². The zero-order chi connectivity index (χ0) is 13.8. The van der Waals surface area contributed by atoms with Crippen molar-refractivity contribution in [2.45, 2.75) is 38.8 Å². The van der Waals surface area contributed by atoms with Gasteiger partial charge in [-0.05, 0) is 44.4 Å². The standard InChI is InChI=1S/C15H20FNO2/c1-3-19-11(2)15(18)17-9-5-8-14(17)12-6-4-7-13(16)10-12/h4,6-7,10-11,14H,3,5,8-9H2,1-2H3. The lowest BCUT2D eigenvalue weighted by molar-refractivity contribution is -0.143. The van der Waals surface area contributed by atoms with Crippen LogP contribution < -0.4 is 0 Å². The number of halogens is 1. The van der Waals surface area contributed by atoms with Gasteiger partial charge in [0.1, 0.15) is 11.9 Å². The monoisotopic (exact) mass is 265 g/mol. The third-order valence-electron chi connectivity index (χ3n) is 3.53. The third kappa shape index (κ3) is 3.13. The quantitative estimate of drug-likeness (QED) is 0.837. The molecule has 0 N–H and O–H groups in total. The van der Waals surface area contributed by atoms with E-state index >= 15 is 0 Å². The summed E-state index contributed by atoms with van der Waals surface area (Å²) in [4.78, 5) is 14.1. The number of likely N-dealkylation sites (tertiary alicyclic amines) is 1. The predicted octanol–water partition coefficient (Wildman–Crippen LogP) is 2.91. The first kappa shape index (κ1) is 14.0. The van der Waals surface area contributed by atoms with E-state index in [-0.39, 0.29) is 17.8 Å². The molecule has 0 aliphatic carbocycles. The van der Waals surface area contributed by atoms with Gasteiger partial charge >= 0.3 is 0 Å². The van der Waals surface area contributed by atoms with Gasteiger partial charge in [0.25, 0.3) is 5.91 Å². The van der Waals surface area contributed by atoms with Crippen molar-refractivity contribution in [1.29, 1.82) is 0 Å². The molecule has 1 amide bonds. The molecule has 2 unspecified atom stereocenters. The zero-order valence-corrected chi connectivity index (χ0v) is 11.4. The van der Waals surface area contributed by atoms with Crippen LogP contribution in [0.5, 0.6) is 0 Å². The lowest BCUT2D eigenvalue weighted by Crippen LogP contribution is -2.38. The molecule has 1 aliphatic rings. The fourth-order valence-electron chi connectivity index (χ4n) is 2.65. The summed E-state index contributed by atoms with van der Waals surface area (Å²) >= 11 is 0. The summed E-state index contributed by atoms with van der Waals surface area (Å²) in [5.41, 5.74) is 0.870. The second kappa shape index (κ2) is 6.15. The summed E-state index contributed by atoms with van der Waals surface area (Å²) in [5.74, 6) is -0.261. The Hall–Kier alpha value is -1.42. The van der Waals surface area contributed by atoms with Crippen LogP contribution in [-0.4, -0.2) is 30.1 Å². The molecule has 1 saturated heterocycles. The molecule has 2 atom stereocenters. The fourth-order valence-corrected chi connectivity index (χ4v) is 2.65. The number of rotatable bonds is 4. The van der Waals surface area contributed by atoms with Gasteiger partial charge in [-0.15, -0.1) is 0 Å². The van der Waals surface area contributed by atoms with E-state index in [1.165, 1.54) is 12.1 Å². The number of benzene rings is 1. The van der Waals surface area contributed by atoms with E-state index in [1.54, 1.807) is 13.0 Å². The maximum Gasteiger partial charge on any atom is 0.251 e. The van der Waals surface area contributed by atoms with Crippen LogP contribution in [0.15, 0.2) is 24.3 Å². The van der Waals surface area contributed by atoms with Crippen LogP contribution in [0.2, 0.25) is 0 Å². The molecule has 1 aromatic rings. The Morgan fingerprint density at radius 1 is 1.58 bits per heavy atom. The molecule has 104 valence electrons. The van der Waals surface area contributed by atoms with Crippen LogP contribution in [0, 0.1) is 5.82 Å². The van der Waals surface area contributed by atoms with E-state index in [0.29, 0.717) is 6.61 Å². The molecule has 0 spiro atoms. The lowest BCUT2D eigenvalue weighted by Gasteiger charge is -2.27. The molecule has 19 heavy (non-hydrogen) atoms. The van der Waals surface area contributed by atoms with Gasteiger partial charge in [-0.1, -0.05) is 12.1 Å². The van der Waals surface area contributed by atoms with Crippen molar-refractivity contribution in [3.63, 3.8) is 0 Å². The summed E-state index contributed by atoms with van der Waals surface area (Å²) in [7, 11) is 0. The summed E-state index contributed by atoms with van der Waals surface area (Å²) in [6, 6.07) is 6.49. The average molecular weight is 265 g/mol. The number of nitrogens with zero attached hydrogens (tertiary/aromatic N) is 1. The maximum atomic E-state index is 13.3. The second-order valence-electron chi connectivity index (χ2n) is 4.84. The summed E-state index contributed by atoms with van der Waals surface area (Å²) in [5, 5.41) is 0. The van der Waals surface area contributed by atoms with Crippen molar-refractivity contribution >= 4 is 5.91 Å². The number of carbonyl (C=O) groups is 1. The highest BCUT2D eigenvalue weighted by Crippen LogP contribution is 2.32. The molecule has 0 saturated carbocycles. The normalized spacial score (nSPS) is 20.6. The van der Waals surface area contributed by atoms with Crippen molar-refractivity contribution in [2.24, 2.45) is 0 Å². The Bertz CT molecular complexity index is 450. The lowest BCUT2D eigenvalue weighted by atomic mass is 10.0. The first-order chi connectivity index (χ1) is 9.13. The third-order valence-corrected chi connectivity index (χ3v) is 3.53. The summed E-state index contributed by atoms with van der Waals surface area (Å²) < 4.78 is 18.7. The van der Waals surface area contributed by atoms with Gasteiger partial charge in [-0.25, -0.2) is 4.39 Å². The first-order valence-electron chi connectivity index (χ1n) is 6.81. The van der Waals surface area contributed by atoms with E-state index < -0.39 is 6.10 Å². The van der Waals surface area contributed by atoms with Gasteiger partial charge in [0.2, 0.25) is 0 Å². The van der Waals surface area contributed by atoms with Crippen LogP contribution in [0.1, 0.15) is 38.3 Å². The van der Waals surface area contributed by atoms with Crippen LogP contribution in [0.4, 0.5) is 4.39 Å². The maximum absolute atomic E-state index is 13.3. The van der Waals surface area contributed by atoms with Crippen molar-refractivity contribution < 1.29 is 13.9 Å². The molecular formula is C15H20FNO2. The molecule has 4 heteroatoms. The van der Waals surface area contributed by atoms with E-state index in [1.807, 2.05) is 17.9 Å². The SMILES string of the molecule is CCOC(C)C(=O)N1CCCC1c1cccc(F)c1. The Kier molecular flexibility index (Phi) is 4.53. The van der Waals surface area contributed by atoms with Gasteiger partial charge in [0.05, 0.1) is 6.04 Å². The second-order valence-corrected chi connectivity index (χ2v) is 4.84. The zero-order valence-electron chi connectivity index (χ0n) is 11.4. The Morgan fingerprint density at radius 3 is 3.05 bits per heavy atom. The Balaban J connectivity index is 2.15. The highest BCUT2D eigenvalue weighted by molar-refractivity contribution is 5.81. The molecule has 0 radical (unpaired) electrons. The molecule has 1 fully saturated rings. The number of hydrogen-bond donors (Lipinski definition) is 0. The molecule has 2 rings (SSSR count). The predicted molar refractivity (Wildman–Crippen MR) is 71.2 cm³/mol. The summed E-state index contributed by atoms with van der Waals surface area (Å²) in [6.45, 7) is 4.88. The van der Waals surface area contributed by atoms with Crippen molar-refractivity contribution in [2.75, 3.05) is 13.2 Å². The average Bonchev–Trinajstić information content (AvgIpc) is 2.87. The molecule has 3 nitrogen and oxygen atoms in total. The number of hydrogen-bond acceptors (Lipinski definition) is 2. The highest BCUT2D eigenvalue weighted by atomic mass is 19.1. The molecule has 1 aliphatic heterocycles. The minimum atomic E-state index is -0.431. The fraction of sp³-hybridized carbons (Fsp3) is 0.533. The van der Waals surface area contributed by atoms with Gasteiger partial charge < -0.3 is 9.64 Å². The van der Waals surface area contributed by atoms with Gasteiger partial charge in [-0.2, -0.15) is 0 Å².